The van der Waals surface area contributed by atoms with E-state index in [4.69, 9.17) is 10.5 Å². The molecule has 0 aromatic heterocycles. The molecule has 0 aliphatic heterocycles. The van der Waals surface area contributed by atoms with E-state index in [0.29, 0.717) is 24.6 Å². The van der Waals surface area contributed by atoms with E-state index in [-0.39, 0.29) is 12.4 Å². The van der Waals surface area contributed by atoms with Gasteiger partial charge in [0.25, 0.3) is 0 Å². The molecule has 21 heavy (non-hydrogen) atoms. The van der Waals surface area contributed by atoms with Gasteiger partial charge in [-0.1, -0.05) is 0 Å². The monoisotopic (exact) mass is 328 g/mol. The van der Waals surface area contributed by atoms with Gasteiger partial charge >= 0.3 is 6.18 Å². The predicted octanol–water partition coefficient (Wildman–Crippen LogP) is 1.96. The van der Waals surface area contributed by atoms with Gasteiger partial charge in [-0.25, -0.2) is 0 Å². The summed E-state index contributed by atoms with van der Waals surface area (Å²) >= 11 is 0. The van der Waals surface area contributed by atoms with Crippen molar-refractivity contribution in [3.05, 3.63) is 24.3 Å². The van der Waals surface area contributed by atoms with Crippen LogP contribution in [0.1, 0.15) is 0 Å². The normalized spacial score (nSPS) is 10.7. The Hall–Kier alpha value is -1.51. The van der Waals surface area contributed by atoms with Gasteiger partial charge in [-0.3, -0.25) is 4.79 Å². The minimum Gasteiger partial charge on any atom is -0.492 e. The first-order valence-corrected chi connectivity index (χ1v) is 5.78. The zero-order valence-electron chi connectivity index (χ0n) is 11.0. The standard InChI is InChI=1S/C12H15F3N2O3.ClH/c13-12(14,15)8-19-7-11(18)17-9-1-3-10(4-2-9)20-6-5-16;/h1-4H,5-8,16H2,(H,17,18);1H. The van der Waals surface area contributed by atoms with E-state index in [9.17, 15) is 18.0 Å². The lowest BCUT2D eigenvalue weighted by Gasteiger charge is -2.09. The van der Waals surface area contributed by atoms with E-state index < -0.39 is 25.3 Å². The second kappa shape index (κ2) is 9.43. The molecular formula is C12H16ClF3N2O3. The lowest BCUT2D eigenvalue weighted by Crippen LogP contribution is -2.23. The fourth-order valence-corrected chi connectivity index (χ4v) is 1.27. The van der Waals surface area contributed by atoms with E-state index in [2.05, 4.69) is 10.1 Å². The molecule has 0 saturated heterocycles. The van der Waals surface area contributed by atoms with Crippen LogP contribution in [0.4, 0.5) is 18.9 Å². The zero-order valence-corrected chi connectivity index (χ0v) is 11.8. The van der Waals surface area contributed by atoms with Crippen LogP contribution >= 0.6 is 12.4 Å². The van der Waals surface area contributed by atoms with Gasteiger partial charge in [0.1, 0.15) is 25.6 Å². The van der Waals surface area contributed by atoms with Gasteiger partial charge in [0, 0.05) is 12.2 Å². The third-order valence-corrected chi connectivity index (χ3v) is 2.02. The van der Waals surface area contributed by atoms with Crippen LogP contribution in [-0.2, 0) is 9.53 Å². The largest absolute Gasteiger partial charge is 0.492 e. The maximum Gasteiger partial charge on any atom is 0.411 e. The Balaban J connectivity index is 0.00000400. The van der Waals surface area contributed by atoms with E-state index in [1.807, 2.05) is 0 Å². The first-order valence-electron chi connectivity index (χ1n) is 5.78. The topological polar surface area (TPSA) is 73.6 Å². The Bertz CT molecular complexity index is 427. The van der Waals surface area contributed by atoms with Crippen LogP contribution in [0, 0.1) is 0 Å². The van der Waals surface area contributed by atoms with Crippen molar-refractivity contribution in [2.75, 3.05) is 31.7 Å². The second-order valence-electron chi connectivity index (χ2n) is 3.82. The summed E-state index contributed by atoms with van der Waals surface area (Å²) < 4.78 is 44.9. The molecule has 1 rings (SSSR count). The molecule has 0 atom stereocenters. The van der Waals surface area contributed by atoms with Crippen molar-refractivity contribution in [1.29, 1.82) is 0 Å². The number of rotatable bonds is 7. The van der Waals surface area contributed by atoms with Crippen LogP contribution in [0.5, 0.6) is 5.75 Å². The van der Waals surface area contributed by atoms with Crippen molar-refractivity contribution in [3.63, 3.8) is 0 Å². The number of anilines is 1. The molecule has 0 heterocycles. The number of halogens is 4. The highest BCUT2D eigenvalue weighted by atomic mass is 35.5. The molecule has 0 aliphatic rings. The Morgan fingerprint density at radius 2 is 1.86 bits per heavy atom. The first-order chi connectivity index (χ1) is 9.40. The van der Waals surface area contributed by atoms with Gasteiger partial charge in [-0.2, -0.15) is 13.2 Å². The van der Waals surface area contributed by atoms with Crippen LogP contribution in [0.25, 0.3) is 0 Å². The highest BCUT2D eigenvalue weighted by Crippen LogP contribution is 2.16. The Morgan fingerprint density at radius 1 is 1.24 bits per heavy atom. The number of hydrogen-bond acceptors (Lipinski definition) is 4. The van der Waals surface area contributed by atoms with E-state index >= 15 is 0 Å². The van der Waals surface area contributed by atoms with Gasteiger partial charge in [-0.05, 0) is 24.3 Å². The zero-order chi connectivity index (χ0) is 15.0. The van der Waals surface area contributed by atoms with Crippen LogP contribution in [-0.4, -0.2) is 38.4 Å². The second-order valence-corrected chi connectivity index (χ2v) is 3.82. The molecule has 0 bridgehead atoms. The molecule has 5 nitrogen and oxygen atoms in total. The van der Waals surface area contributed by atoms with Gasteiger partial charge in [-0.15, -0.1) is 12.4 Å². The minimum atomic E-state index is -4.44. The highest BCUT2D eigenvalue weighted by Gasteiger charge is 2.27. The summed E-state index contributed by atoms with van der Waals surface area (Å²) in [5.74, 6) is -0.0772. The maximum absolute atomic E-state index is 11.8. The number of carbonyl (C=O) groups excluding carboxylic acids is 1. The van der Waals surface area contributed by atoms with E-state index in [1.54, 1.807) is 24.3 Å². The maximum atomic E-state index is 11.8. The summed E-state index contributed by atoms with van der Waals surface area (Å²) in [5, 5.41) is 2.40. The van der Waals surface area contributed by atoms with Crippen molar-refractivity contribution in [3.8, 4) is 5.75 Å². The average molecular weight is 329 g/mol. The fourth-order valence-electron chi connectivity index (χ4n) is 1.27. The lowest BCUT2D eigenvalue weighted by atomic mass is 10.3. The van der Waals surface area contributed by atoms with Gasteiger partial charge in [0.15, 0.2) is 0 Å². The molecule has 0 radical (unpaired) electrons. The molecule has 0 aliphatic carbocycles. The summed E-state index contributed by atoms with van der Waals surface area (Å²) in [6.07, 6.45) is -4.44. The molecule has 0 unspecified atom stereocenters. The Morgan fingerprint density at radius 3 is 2.38 bits per heavy atom. The Labute approximate surface area is 126 Å². The summed E-state index contributed by atoms with van der Waals surface area (Å²) in [6, 6.07) is 6.35. The number of amides is 1. The number of hydrogen-bond donors (Lipinski definition) is 2. The van der Waals surface area contributed by atoms with Gasteiger partial charge < -0.3 is 20.5 Å². The van der Waals surface area contributed by atoms with E-state index in [1.165, 1.54) is 0 Å². The average Bonchev–Trinajstić information content (AvgIpc) is 2.36. The van der Waals surface area contributed by atoms with Crippen molar-refractivity contribution in [1.82, 2.24) is 0 Å². The van der Waals surface area contributed by atoms with Crippen LogP contribution in [0.15, 0.2) is 24.3 Å². The molecule has 120 valence electrons. The first kappa shape index (κ1) is 19.5. The summed E-state index contributed by atoms with van der Waals surface area (Å²) in [6.45, 7) is -1.36. The molecule has 1 amide bonds. The predicted molar refractivity (Wildman–Crippen MR) is 73.7 cm³/mol. The molecular weight excluding hydrogens is 313 g/mol. The molecule has 0 spiro atoms. The number of nitrogens with two attached hydrogens (primary N) is 1. The number of alkyl halides is 3. The molecule has 9 heteroatoms. The SMILES string of the molecule is Cl.NCCOc1ccc(NC(=O)COCC(F)(F)F)cc1. The van der Waals surface area contributed by atoms with Gasteiger partial charge in [0.05, 0.1) is 0 Å². The third kappa shape index (κ3) is 9.11. The molecule has 0 fully saturated rings. The van der Waals surface area contributed by atoms with Crippen molar-refractivity contribution in [2.24, 2.45) is 5.73 Å². The number of ether oxygens (including phenoxy) is 2. The Kier molecular flexibility index (Phi) is 8.75. The van der Waals surface area contributed by atoms with E-state index in [0.717, 1.165) is 0 Å². The minimum absolute atomic E-state index is 0. The molecule has 3 N–H and O–H groups in total. The van der Waals surface area contributed by atoms with Crippen LogP contribution in [0.2, 0.25) is 0 Å². The third-order valence-electron chi connectivity index (χ3n) is 2.02. The highest BCUT2D eigenvalue weighted by molar-refractivity contribution is 5.91. The van der Waals surface area contributed by atoms with Gasteiger partial charge in [0.2, 0.25) is 5.91 Å². The molecule has 1 aromatic carbocycles. The number of benzene rings is 1. The number of nitrogens with one attached hydrogen (secondary N) is 1. The molecule has 0 saturated carbocycles. The quantitative estimate of drug-likeness (QED) is 0.802. The lowest BCUT2D eigenvalue weighted by molar-refractivity contribution is -0.174. The smallest absolute Gasteiger partial charge is 0.411 e. The summed E-state index contributed by atoms with van der Waals surface area (Å²) in [7, 11) is 0. The van der Waals surface area contributed by atoms with Crippen molar-refractivity contribution in [2.45, 2.75) is 6.18 Å². The van der Waals surface area contributed by atoms with Crippen molar-refractivity contribution >= 4 is 24.0 Å². The number of carbonyl (C=O) groups is 1. The van der Waals surface area contributed by atoms with Crippen LogP contribution in [0.3, 0.4) is 0 Å². The van der Waals surface area contributed by atoms with Crippen molar-refractivity contribution < 1.29 is 27.4 Å². The van der Waals surface area contributed by atoms with Crippen LogP contribution < -0.4 is 15.8 Å². The fraction of sp³-hybridized carbons (Fsp3) is 0.417. The summed E-state index contributed by atoms with van der Waals surface area (Å²) in [5.41, 5.74) is 5.71. The molecule has 1 aromatic rings. The summed E-state index contributed by atoms with van der Waals surface area (Å²) in [4.78, 5) is 11.3.